The van der Waals surface area contributed by atoms with Gasteiger partial charge in [-0.25, -0.2) is 9.50 Å². The lowest BCUT2D eigenvalue weighted by molar-refractivity contribution is -0.142. The molecule has 0 atom stereocenters. The first-order valence-electron chi connectivity index (χ1n) is 4.36. The van der Waals surface area contributed by atoms with Crippen molar-refractivity contribution in [1.29, 1.82) is 0 Å². The molecule has 0 aliphatic carbocycles. The highest BCUT2D eigenvalue weighted by atomic mass is 32.1. The molecule has 0 saturated heterocycles. The van der Waals surface area contributed by atoms with E-state index in [0.29, 0.717) is 16.6 Å². The van der Waals surface area contributed by atoms with E-state index in [-0.39, 0.29) is 0 Å². The van der Waals surface area contributed by atoms with Crippen molar-refractivity contribution in [2.75, 3.05) is 0 Å². The smallest absolute Gasteiger partial charge is 0.287 e. The van der Waals surface area contributed by atoms with E-state index in [0.717, 1.165) is 0 Å². The van der Waals surface area contributed by atoms with Crippen molar-refractivity contribution in [3.8, 4) is 0 Å². The van der Waals surface area contributed by atoms with Gasteiger partial charge in [0.25, 0.3) is 0 Å². The Kier molecular flexibility index (Phi) is 2.65. The molecule has 0 spiro atoms. The van der Waals surface area contributed by atoms with Crippen LogP contribution in [0.2, 0.25) is 0 Å². The summed E-state index contributed by atoms with van der Waals surface area (Å²) in [6.07, 6.45) is -9.48. The standard InChI is InChI=1S/C8H3F6N3S/c9-7(10,11)3-2-6(18)17-5(15-3)1-4(16-17)8(12,13)14/h1-2,16H. The van der Waals surface area contributed by atoms with Crippen molar-refractivity contribution in [1.82, 2.24) is 14.6 Å². The van der Waals surface area contributed by atoms with E-state index in [1.165, 1.54) is 0 Å². The third-order valence-corrected chi connectivity index (χ3v) is 2.35. The second kappa shape index (κ2) is 3.70. The van der Waals surface area contributed by atoms with Crippen LogP contribution in [-0.4, -0.2) is 14.6 Å². The Hall–Kier alpha value is -1.58. The van der Waals surface area contributed by atoms with Gasteiger partial charge in [0.2, 0.25) is 0 Å². The van der Waals surface area contributed by atoms with Gasteiger partial charge < -0.3 is 0 Å². The summed E-state index contributed by atoms with van der Waals surface area (Å²) in [6, 6.07) is 0.948. The number of nitrogens with zero attached hydrogens (tertiary/aromatic N) is 2. The summed E-state index contributed by atoms with van der Waals surface area (Å²) in [5.74, 6) is 0. The highest BCUT2D eigenvalue weighted by Crippen LogP contribution is 2.31. The average molecular weight is 287 g/mol. The fourth-order valence-electron chi connectivity index (χ4n) is 1.28. The zero-order chi connectivity index (χ0) is 13.7. The van der Waals surface area contributed by atoms with Gasteiger partial charge in [-0.1, -0.05) is 12.2 Å². The van der Waals surface area contributed by atoms with E-state index in [2.05, 4.69) is 17.2 Å². The molecule has 0 aliphatic rings. The molecule has 2 aromatic heterocycles. The van der Waals surface area contributed by atoms with Crippen LogP contribution in [0.25, 0.3) is 5.65 Å². The quantitative estimate of drug-likeness (QED) is 0.595. The molecule has 3 nitrogen and oxygen atoms in total. The van der Waals surface area contributed by atoms with Crippen molar-refractivity contribution in [2.24, 2.45) is 0 Å². The largest absolute Gasteiger partial charge is 0.433 e. The van der Waals surface area contributed by atoms with E-state index in [1.54, 1.807) is 0 Å². The Morgan fingerprint density at radius 1 is 1.06 bits per heavy atom. The van der Waals surface area contributed by atoms with Crippen LogP contribution in [0.1, 0.15) is 11.4 Å². The van der Waals surface area contributed by atoms with Crippen LogP contribution >= 0.6 is 12.2 Å². The van der Waals surface area contributed by atoms with Crippen molar-refractivity contribution in [3.05, 3.63) is 28.2 Å². The molecule has 2 heterocycles. The molecule has 1 N–H and O–H groups in total. The Morgan fingerprint density at radius 3 is 2.17 bits per heavy atom. The number of halogens is 6. The van der Waals surface area contributed by atoms with Gasteiger partial charge in [0.05, 0.1) is 0 Å². The number of aromatic amines is 1. The minimum absolute atomic E-state index is 0.442. The van der Waals surface area contributed by atoms with E-state index in [9.17, 15) is 26.3 Å². The Morgan fingerprint density at radius 2 is 1.67 bits per heavy atom. The topological polar surface area (TPSA) is 33.1 Å². The maximum absolute atomic E-state index is 12.4. The predicted octanol–water partition coefficient (Wildman–Crippen LogP) is 3.43. The minimum Gasteiger partial charge on any atom is -0.287 e. The molecule has 0 unspecified atom stereocenters. The predicted molar refractivity (Wildman–Crippen MR) is 50.4 cm³/mol. The molecule has 0 bridgehead atoms. The molecule has 0 aromatic carbocycles. The lowest BCUT2D eigenvalue weighted by Crippen LogP contribution is -2.09. The van der Waals surface area contributed by atoms with Gasteiger partial charge in [0.1, 0.15) is 16.0 Å². The molecule has 0 amide bonds. The van der Waals surface area contributed by atoms with Gasteiger partial charge in [-0.3, -0.25) is 5.10 Å². The number of rotatable bonds is 0. The molecule has 0 aliphatic heterocycles. The molecule has 2 aromatic rings. The summed E-state index contributed by atoms with van der Waals surface area (Å²) in [5, 5.41) is 1.84. The molecule has 18 heavy (non-hydrogen) atoms. The molecule has 0 saturated carbocycles. The molecule has 2 rings (SSSR count). The third kappa shape index (κ3) is 2.19. The van der Waals surface area contributed by atoms with Gasteiger partial charge in [0.15, 0.2) is 5.65 Å². The Balaban J connectivity index is 2.71. The Labute approximate surface area is 100 Å². The number of H-pyrrole nitrogens is 1. The van der Waals surface area contributed by atoms with Crippen molar-refractivity contribution in [3.63, 3.8) is 0 Å². The molecule has 0 fully saturated rings. The first-order valence-corrected chi connectivity index (χ1v) is 4.77. The summed E-state index contributed by atoms with van der Waals surface area (Å²) in [7, 11) is 0. The fourth-order valence-corrected chi connectivity index (χ4v) is 1.53. The third-order valence-electron chi connectivity index (χ3n) is 2.05. The summed E-state index contributed by atoms with van der Waals surface area (Å²) in [6.45, 7) is 0. The van der Waals surface area contributed by atoms with E-state index in [1.807, 2.05) is 5.10 Å². The van der Waals surface area contributed by atoms with Crippen LogP contribution in [-0.2, 0) is 12.4 Å². The van der Waals surface area contributed by atoms with Crippen LogP contribution in [0.15, 0.2) is 12.1 Å². The van der Waals surface area contributed by atoms with Gasteiger partial charge in [-0.05, 0) is 0 Å². The molecular weight excluding hydrogens is 284 g/mol. The number of fused-ring (bicyclic) bond motifs is 1. The van der Waals surface area contributed by atoms with Crippen LogP contribution < -0.4 is 0 Å². The van der Waals surface area contributed by atoms with E-state index < -0.39 is 34.0 Å². The average Bonchev–Trinajstić information content (AvgIpc) is 2.59. The second-order valence-corrected chi connectivity index (χ2v) is 3.76. The van der Waals surface area contributed by atoms with Gasteiger partial charge >= 0.3 is 12.4 Å². The molecule has 0 radical (unpaired) electrons. The zero-order valence-electron chi connectivity index (χ0n) is 8.23. The number of aromatic nitrogens is 3. The summed E-state index contributed by atoms with van der Waals surface area (Å²) < 4.78 is 74.5. The first-order chi connectivity index (χ1) is 8.09. The minimum atomic E-state index is -4.77. The van der Waals surface area contributed by atoms with Crippen molar-refractivity contribution >= 4 is 17.9 Å². The maximum Gasteiger partial charge on any atom is 0.433 e. The number of nitrogens with one attached hydrogen (secondary N) is 1. The Bertz CT molecular complexity index is 649. The lowest BCUT2D eigenvalue weighted by atomic mass is 10.4. The zero-order valence-corrected chi connectivity index (χ0v) is 9.04. The number of alkyl halides is 6. The van der Waals surface area contributed by atoms with Crippen LogP contribution in [0, 0.1) is 4.64 Å². The van der Waals surface area contributed by atoms with Gasteiger partial charge in [-0.2, -0.15) is 26.3 Å². The monoisotopic (exact) mass is 287 g/mol. The SMILES string of the molecule is FC(F)(F)c1cc(=S)n2[nH]c(C(F)(F)F)cc2n1. The molecular formula is C8H3F6N3S. The van der Waals surface area contributed by atoms with E-state index >= 15 is 0 Å². The highest BCUT2D eigenvalue weighted by Gasteiger charge is 2.35. The van der Waals surface area contributed by atoms with Crippen LogP contribution in [0.4, 0.5) is 26.3 Å². The summed E-state index contributed by atoms with van der Waals surface area (Å²) in [5.41, 5.74) is -3.09. The number of hydrogen-bond acceptors (Lipinski definition) is 2. The van der Waals surface area contributed by atoms with Crippen LogP contribution in [0.3, 0.4) is 0 Å². The normalized spacial score (nSPS) is 13.2. The van der Waals surface area contributed by atoms with Gasteiger partial charge in [-0.15, -0.1) is 0 Å². The van der Waals surface area contributed by atoms with Crippen molar-refractivity contribution < 1.29 is 26.3 Å². The van der Waals surface area contributed by atoms with Gasteiger partial charge in [0, 0.05) is 12.1 Å². The molecule has 98 valence electrons. The summed E-state index contributed by atoms with van der Waals surface area (Å²) >= 11 is 4.57. The fraction of sp³-hybridized carbons (Fsp3) is 0.250. The highest BCUT2D eigenvalue weighted by molar-refractivity contribution is 7.71. The first kappa shape index (κ1) is 12.9. The summed E-state index contributed by atoms with van der Waals surface area (Å²) in [4.78, 5) is 3.08. The van der Waals surface area contributed by atoms with E-state index in [4.69, 9.17) is 0 Å². The van der Waals surface area contributed by atoms with Crippen molar-refractivity contribution in [2.45, 2.75) is 12.4 Å². The maximum atomic E-state index is 12.4. The molecule has 10 heteroatoms. The number of hydrogen-bond donors (Lipinski definition) is 1. The second-order valence-electron chi connectivity index (χ2n) is 3.34. The van der Waals surface area contributed by atoms with Crippen LogP contribution in [0.5, 0.6) is 0 Å². The lowest BCUT2D eigenvalue weighted by Gasteiger charge is -2.05.